The highest BCUT2D eigenvalue weighted by Gasteiger charge is 2.07. The van der Waals surface area contributed by atoms with E-state index in [1.807, 2.05) is 0 Å². The van der Waals surface area contributed by atoms with Crippen molar-refractivity contribution in [3.63, 3.8) is 0 Å². The number of carbonyl (C=O) groups excluding carboxylic acids is 1. The van der Waals surface area contributed by atoms with Gasteiger partial charge in [0.2, 0.25) is 5.91 Å². The van der Waals surface area contributed by atoms with Gasteiger partial charge in [0.1, 0.15) is 0 Å². The fourth-order valence-corrected chi connectivity index (χ4v) is 1.26. The van der Waals surface area contributed by atoms with E-state index in [1.54, 1.807) is 0 Å². The highest BCUT2D eigenvalue weighted by atomic mass is 16.1. The molecule has 3 N–H and O–H groups in total. The Balaban J connectivity index is 3.71. The Morgan fingerprint density at radius 3 is 2.57 bits per heavy atom. The van der Waals surface area contributed by atoms with Gasteiger partial charge < -0.3 is 11.1 Å². The number of amides is 1. The van der Waals surface area contributed by atoms with Gasteiger partial charge in [-0.2, -0.15) is 0 Å². The number of nitrogens with two attached hydrogens (primary N) is 1. The minimum atomic E-state index is -0.414. The van der Waals surface area contributed by atoms with Crippen LogP contribution >= 0.6 is 0 Å². The van der Waals surface area contributed by atoms with E-state index < -0.39 is 5.91 Å². The van der Waals surface area contributed by atoms with Gasteiger partial charge in [0.05, 0.1) is 0 Å². The summed E-state index contributed by atoms with van der Waals surface area (Å²) in [5.74, 6) is -0.414. The zero-order valence-electron chi connectivity index (χ0n) is 9.31. The molecule has 0 aromatic rings. The maximum Gasteiger partial charge on any atom is 0.245 e. The lowest BCUT2D eigenvalue weighted by Crippen LogP contribution is -2.32. The van der Waals surface area contributed by atoms with E-state index in [-0.39, 0.29) is 0 Å². The fourth-order valence-electron chi connectivity index (χ4n) is 1.26. The summed E-state index contributed by atoms with van der Waals surface area (Å²) in [5, 5.41) is 3.28. The second-order valence-electron chi connectivity index (χ2n) is 3.60. The molecular formula is C11H22N2O. The second-order valence-corrected chi connectivity index (χ2v) is 3.60. The van der Waals surface area contributed by atoms with E-state index in [0.29, 0.717) is 18.2 Å². The number of unbranched alkanes of at least 4 members (excludes halogenated alkanes) is 1. The van der Waals surface area contributed by atoms with E-state index in [4.69, 9.17) is 5.73 Å². The molecular weight excluding hydrogens is 176 g/mol. The van der Waals surface area contributed by atoms with E-state index in [2.05, 4.69) is 25.7 Å². The standard InChI is InChI=1S/C11H22N2O/c1-4-6-7-10(5-2)13-8-9(3)11(12)14/h10,13H,3-8H2,1-2H3,(H2,12,14). The average Bonchev–Trinajstić information content (AvgIpc) is 2.17. The molecule has 1 atom stereocenters. The van der Waals surface area contributed by atoms with E-state index in [0.717, 1.165) is 12.8 Å². The summed E-state index contributed by atoms with van der Waals surface area (Å²) in [4.78, 5) is 10.7. The predicted molar refractivity (Wildman–Crippen MR) is 59.9 cm³/mol. The first kappa shape index (κ1) is 13.2. The Kier molecular flexibility index (Phi) is 7.11. The molecule has 3 heteroatoms. The lowest BCUT2D eigenvalue weighted by molar-refractivity contribution is -0.114. The van der Waals surface area contributed by atoms with Crippen LogP contribution in [0.3, 0.4) is 0 Å². The quantitative estimate of drug-likeness (QED) is 0.582. The van der Waals surface area contributed by atoms with Gasteiger partial charge in [-0.1, -0.05) is 33.3 Å². The highest BCUT2D eigenvalue weighted by Crippen LogP contribution is 2.04. The van der Waals surface area contributed by atoms with Crippen molar-refractivity contribution < 1.29 is 4.79 Å². The number of nitrogens with one attached hydrogen (secondary N) is 1. The van der Waals surface area contributed by atoms with Crippen LogP contribution in [0.4, 0.5) is 0 Å². The van der Waals surface area contributed by atoms with Crippen molar-refractivity contribution in [2.45, 2.75) is 45.6 Å². The molecule has 0 rings (SSSR count). The van der Waals surface area contributed by atoms with Crippen LogP contribution in [-0.2, 0) is 4.79 Å². The van der Waals surface area contributed by atoms with Gasteiger partial charge >= 0.3 is 0 Å². The molecule has 0 saturated heterocycles. The largest absolute Gasteiger partial charge is 0.366 e. The first-order valence-electron chi connectivity index (χ1n) is 5.32. The van der Waals surface area contributed by atoms with E-state index >= 15 is 0 Å². The van der Waals surface area contributed by atoms with Crippen molar-refractivity contribution >= 4 is 5.91 Å². The molecule has 0 spiro atoms. The molecule has 14 heavy (non-hydrogen) atoms. The third-order valence-electron chi connectivity index (χ3n) is 2.35. The van der Waals surface area contributed by atoms with E-state index in [9.17, 15) is 4.79 Å². The Morgan fingerprint density at radius 1 is 1.50 bits per heavy atom. The molecule has 0 fully saturated rings. The summed E-state index contributed by atoms with van der Waals surface area (Å²) >= 11 is 0. The lowest BCUT2D eigenvalue weighted by Gasteiger charge is -2.16. The molecule has 0 aliphatic rings. The van der Waals surface area contributed by atoms with Crippen LogP contribution in [-0.4, -0.2) is 18.5 Å². The van der Waals surface area contributed by atoms with Crippen molar-refractivity contribution in [1.29, 1.82) is 0 Å². The average molecular weight is 198 g/mol. The maximum atomic E-state index is 10.7. The molecule has 0 radical (unpaired) electrons. The van der Waals surface area contributed by atoms with Crippen molar-refractivity contribution in [3.05, 3.63) is 12.2 Å². The Morgan fingerprint density at radius 2 is 2.14 bits per heavy atom. The van der Waals surface area contributed by atoms with Crippen LogP contribution in [0.5, 0.6) is 0 Å². The first-order chi connectivity index (χ1) is 6.61. The fraction of sp³-hybridized carbons (Fsp3) is 0.727. The summed E-state index contributed by atoms with van der Waals surface area (Å²) in [7, 11) is 0. The minimum absolute atomic E-state index is 0.414. The third-order valence-corrected chi connectivity index (χ3v) is 2.35. The minimum Gasteiger partial charge on any atom is -0.366 e. The van der Waals surface area contributed by atoms with Crippen LogP contribution in [0, 0.1) is 0 Å². The molecule has 0 aromatic heterocycles. The summed E-state index contributed by atoms with van der Waals surface area (Å²) in [6.45, 7) is 8.43. The van der Waals surface area contributed by atoms with Gasteiger partial charge in [0.15, 0.2) is 0 Å². The van der Waals surface area contributed by atoms with Gasteiger partial charge in [0, 0.05) is 18.2 Å². The monoisotopic (exact) mass is 198 g/mol. The van der Waals surface area contributed by atoms with Crippen molar-refractivity contribution in [3.8, 4) is 0 Å². The van der Waals surface area contributed by atoms with Gasteiger partial charge in [-0.15, -0.1) is 0 Å². The zero-order chi connectivity index (χ0) is 11.0. The molecule has 0 heterocycles. The molecule has 0 bridgehead atoms. The highest BCUT2D eigenvalue weighted by molar-refractivity contribution is 5.91. The molecule has 0 aliphatic carbocycles. The summed E-state index contributed by atoms with van der Waals surface area (Å²) in [6, 6.07) is 0.478. The van der Waals surface area contributed by atoms with Crippen LogP contribution < -0.4 is 11.1 Å². The first-order valence-corrected chi connectivity index (χ1v) is 5.32. The number of hydrogen-bond acceptors (Lipinski definition) is 2. The smallest absolute Gasteiger partial charge is 0.245 e. The summed E-state index contributed by atoms with van der Waals surface area (Å²) in [6.07, 6.45) is 4.65. The second kappa shape index (κ2) is 7.56. The van der Waals surface area contributed by atoms with Gasteiger partial charge in [0.25, 0.3) is 0 Å². The number of primary amides is 1. The topological polar surface area (TPSA) is 55.1 Å². The summed E-state index contributed by atoms with van der Waals surface area (Å²) < 4.78 is 0. The number of hydrogen-bond donors (Lipinski definition) is 2. The molecule has 1 unspecified atom stereocenters. The van der Waals surface area contributed by atoms with Crippen molar-refractivity contribution in [1.82, 2.24) is 5.32 Å². The molecule has 0 aliphatic heterocycles. The van der Waals surface area contributed by atoms with E-state index in [1.165, 1.54) is 12.8 Å². The Bertz CT molecular complexity index is 190. The Hall–Kier alpha value is -0.830. The number of carbonyl (C=O) groups is 1. The maximum absolute atomic E-state index is 10.7. The molecule has 1 amide bonds. The molecule has 82 valence electrons. The Labute approximate surface area is 86.8 Å². The van der Waals surface area contributed by atoms with Crippen molar-refractivity contribution in [2.75, 3.05) is 6.54 Å². The summed E-state index contributed by atoms with van der Waals surface area (Å²) in [5.41, 5.74) is 5.54. The normalized spacial score (nSPS) is 12.4. The third kappa shape index (κ3) is 5.75. The predicted octanol–water partition coefficient (Wildman–Crippen LogP) is 1.59. The number of rotatable bonds is 8. The van der Waals surface area contributed by atoms with Gasteiger partial charge in [-0.05, 0) is 12.8 Å². The van der Waals surface area contributed by atoms with Gasteiger partial charge in [-0.25, -0.2) is 0 Å². The molecule has 0 aromatic carbocycles. The van der Waals surface area contributed by atoms with Crippen LogP contribution in [0.1, 0.15) is 39.5 Å². The van der Waals surface area contributed by atoms with Crippen LogP contribution in [0.2, 0.25) is 0 Å². The van der Waals surface area contributed by atoms with Crippen molar-refractivity contribution in [2.24, 2.45) is 5.73 Å². The lowest BCUT2D eigenvalue weighted by atomic mass is 10.1. The molecule has 3 nitrogen and oxygen atoms in total. The SMILES string of the molecule is C=C(CNC(CC)CCCC)C(N)=O. The van der Waals surface area contributed by atoms with Gasteiger partial charge in [-0.3, -0.25) is 4.79 Å². The molecule has 0 saturated carbocycles. The van der Waals surface area contributed by atoms with Crippen LogP contribution in [0.25, 0.3) is 0 Å². The zero-order valence-corrected chi connectivity index (χ0v) is 9.31. The van der Waals surface area contributed by atoms with Crippen LogP contribution in [0.15, 0.2) is 12.2 Å².